The van der Waals surface area contributed by atoms with Crippen molar-refractivity contribution in [2.75, 3.05) is 0 Å². The number of halogens is 1. The molecule has 3 aromatic rings. The highest BCUT2D eigenvalue weighted by Gasteiger charge is 2.07. The lowest BCUT2D eigenvalue weighted by Gasteiger charge is -2.04. The van der Waals surface area contributed by atoms with Gasteiger partial charge >= 0.3 is 0 Å². The minimum absolute atomic E-state index is 0.0476. The molecule has 0 fully saturated rings. The van der Waals surface area contributed by atoms with E-state index >= 15 is 0 Å². The summed E-state index contributed by atoms with van der Waals surface area (Å²) in [6, 6.07) is 12.1. The molecular weight excluding hydrogens is 235 g/mol. The lowest BCUT2D eigenvalue weighted by molar-refractivity contribution is 0.469. The van der Waals surface area contributed by atoms with Crippen LogP contribution in [0.3, 0.4) is 0 Å². The zero-order chi connectivity index (χ0) is 11.8. The number of thiophene rings is 1. The fraction of sp³-hybridized carbons (Fsp3) is 0. The number of phenolic OH excluding ortho intramolecular Hbond substituents is 1. The first-order chi connectivity index (χ1) is 8.24. The lowest BCUT2D eigenvalue weighted by Crippen LogP contribution is -1.81. The van der Waals surface area contributed by atoms with Gasteiger partial charge in [0.2, 0.25) is 0 Å². The maximum absolute atomic E-state index is 13.3. The van der Waals surface area contributed by atoms with Crippen LogP contribution in [-0.4, -0.2) is 5.11 Å². The number of fused-ring (bicyclic) bond motifs is 1. The van der Waals surface area contributed by atoms with Gasteiger partial charge in [0, 0.05) is 10.8 Å². The van der Waals surface area contributed by atoms with Crippen LogP contribution in [0.2, 0.25) is 0 Å². The molecule has 1 nitrogen and oxygen atoms in total. The van der Waals surface area contributed by atoms with Crippen molar-refractivity contribution in [3.63, 3.8) is 0 Å². The summed E-state index contributed by atoms with van der Waals surface area (Å²) in [5.74, 6) is -0.470. The van der Waals surface area contributed by atoms with E-state index in [0.717, 1.165) is 21.7 Å². The summed E-state index contributed by atoms with van der Waals surface area (Å²) in [7, 11) is 0. The van der Waals surface area contributed by atoms with Crippen molar-refractivity contribution < 1.29 is 9.50 Å². The van der Waals surface area contributed by atoms with E-state index in [2.05, 4.69) is 0 Å². The molecule has 2 aromatic carbocycles. The molecule has 0 unspecified atom stereocenters. The summed E-state index contributed by atoms with van der Waals surface area (Å²) in [6.07, 6.45) is 0. The maximum atomic E-state index is 13.3. The molecule has 0 amide bonds. The van der Waals surface area contributed by atoms with Gasteiger partial charge in [-0.3, -0.25) is 0 Å². The van der Waals surface area contributed by atoms with Gasteiger partial charge in [-0.15, -0.1) is 11.3 Å². The van der Waals surface area contributed by atoms with Crippen LogP contribution in [0.15, 0.2) is 47.8 Å². The Kier molecular flexibility index (Phi) is 2.34. The number of hydrogen-bond donors (Lipinski definition) is 1. The summed E-state index contributed by atoms with van der Waals surface area (Å²) in [5.41, 5.74) is 1.66. The van der Waals surface area contributed by atoms with Gasteiger partial charge in [-0.05, 0) is 40.1 Å². The average molecular weight is 244 g/mol. The van der Waals surface area contributed by atoms with Crippen LogP contribution in [0.1, 0.15) is 0 Å². The molecule has 3 heteroatoms. The second-order valence-corrected chi connectivity index (χ2v) is 4.76. The fourth-order valence-corrected chi connectivity index (χ4v) is 2.89. The summed E-state index contributed by atoms with van der Waals surface area (Å²) in [6.45, 7) is 0. The third kappa shape index (κ3) is 1.78. The Morgan fingerprint density at radius 1 is 1.06 bits per heavy atom. The largest absolute Gasteiger partial charge is 0.508 e. The quantitative estimate of drug-likeness (QED) is 0.672. The molecule has 17 heavy (non-hydrogen) atoms. The third-order valence-corrected chi connectivity index (χ3v) is 3.64. The van der Waals surface area contributed by atoms with E-state index in [4.69, 9.17) is 0 Å². The van der Waals surface area contributed by atoms with Crippen molar-refractivity contribution in [3.05, 3.63) is 53.7 Å². The third-order valence-electron chi connectivity index (χ3n) is 2.67. The van der Waals surface area contributed by atoms with Crippen LogP contribution in [0.25, 0.3) is 21.2 Å². The SMILES string of the molecule is Oc1cc(F)cc(-c2cccc3ccsc23)c1. The molecule has 0 atom stereocenters. The second kappa shape index (κ2) is 3.86. The van der Waals surface area contributed by atoms with Crippen molar-refractivity contribution in [1.82, 2.24) is 0 Å². The van der Waals surface area contributed by atoms with Crippen molar-refractivity contribution in [1.29, 1.82) is 0 Å². The molecule has 1 N–H and O–H groups in total. The number of rotatable bonds is 1. The molecule has 0 aliphatic rings. The maximum Gasteiger partial charge on any atom is 0.127 e. The first-order valence-electron chi connectivity index (χ1n) is 5.20. The number of benzene rings is 2. The highest BCUT2D eigenvalue weighted by molar-refractivity contribution is 7.17. The van der Waals surface area contributed by atoms with E-state index in [0.29, 0.717) is 5.56 Å². The first-order valence-corrected chi connectivity index (χ1v) is 6.08. The molecule has 3 rings (SSSR count). The Hall–Kier alpha value is -1.87. The Morgan fingerprint density at radius 3 is 2.76 bits per heavy atom. The van der Waals surface area contributed by atoms with Crippen molar-refractivity contribution in [2.24, 2.45) is 0 Å². The van der Waals surface area contributed by atoms with Crippen LogP contribution in [0.5, 0.6) is 5.75 Å². The standard InChI is InChI=1S/C14H9FOS/c15-11-6-10(7-12(16)8-11)13-3-1-2-9-4-5-17-14(9)13/h1-8,16H. The van der Waals surface area contributed by atoms with E-state index in [1.165, 1.54) is 6.07 Å². The van der Waals surface area contributed by atoms with Gasteiger partial charge in [0.1, 0.15) is 11.6 Å². The zero-order valence-electron chi connectivity index (χ0n) is 8.85. The van der Waals surface area contributed by atoms with Crippen molar-refractivity contribution in [2.45, 2.75) is 0 Å². The molecule has 0 saturated heterocycles. The number of aromatic hydroxyl groups is 1. The van der Waals surface area contributed by atoms with Crippen LogP contribution < -0.4 is 0 Å². The van der Waals surface area contributed by atoms with Gasteiger partial charge in [0.15, 0.2) is 0 Å². The molecule has 84 valence electrons. The molecule has 0 aliphatic carbocycles. The van der Waals surface area contributed by atoms with Gasteiger partial charge in [0.25, 0.3) is 0 Å². The van der Waals surface area contributed by atoms with E-state index in [-0.39, 0.29) is 5.75 Å². The molecule has 0 radical (unpaired) electrons. The van der Waals surface area contributed by atoms with Crippen molar-refractivity contribution in [3.8, 4) is 16.9 Å². The minimum Gasteiger partial charge on any atom is -0.508 e. The van der Waals surface area contributed by atoms with Gasteiger partial charge in [0.05, 0.1) is 0 Å². The topological polar surface area (TPSA) is 20.2 Å². The molecule has 1 aromatic heterocycles. The molecule has 0 saturated carbocycles. The second-order valence-electron chi connectivity index (χ2n) is 3.84. The Balaban J connectivity index is 2.30. The molecule has 1 heterocycles. The molecule has 0 bridgehead atoms. The summed E-state index contributed by atoms with van der Waals surface area (Å²) in [4.78, 5) is 0. The summed E-state index contributed by atoms with van der Waals surface area (Å²) in [5, 5.41) is 12.6. The van der Waals surface area contributed by atoms with Gasteiger partial charge in [-0.25, -0.2) is 4.39 Å². The van der Waals surface area contributed by atoms with E-state index < -0.39 is 5.82 Å². The normalized spacial score (nSPS) is 10.9. The fourth-order valence-electron chi connectivity index (χ4n) is 1.95. The predicted octanol–water partition coefficient (Wildman–Crippen LogP) is 4.41. The average Bonchev–Trinajstić information content (AvgIpc) is 2.75. The van der Waals surface area contributed by atoms with Gasteiger partial charge < -0.3 is 5.11 Å². The van der Waals surface area contributed by atoms with E-state index in [1.807, 2.05) is 29.6 Å². The van der Waals surface area contributed by atoms with E-state index in [9.17, 15) is 9.50 Å². The Morgan fingerprint density at radius 2 is 1.94 bits per heavy atom. The monoisotopic (exact) mass is 244 g/mol. The predicted molar refractivity (Wildman–Crippen MR) is 68.9 cm³/mol. The van der Waals surface area contributed by atoms with Crippen LogP contribution in [0.4, 0.5) is 4.39 Å². The molecule has 0 aliphatic heterocycles. The summed E-state index contributed by atoms with van der Waals surface area (Å²) >= 11 is 1.62. The first kappa shape index (κ1) is 10.3. The number of phenols is 1. The molecular formula is C14H9FOS. The summed E-state index contributed by atoms with van der Waals surface area (Å²) < 4.78 is 14.4. The van der Waals surface area contributed by atoms with Crippen LogP contribution in [0, 0.1) is 5.82 Å². The lowest BCUT2D eigenvalue weighted by atomic mass is 10.0. The highest BCUT2D eigenvalue weighted by atomic mass is 32.1. The number of hydrogen-bond acceptors (Lipinski definition) is 2. The Bertz CT molecular complexity index is 667. The minimum atomic E-state index is -0.423. The Labute approximate surface area is 102 Å². The highest BCUT2D eigenvalue weighted by Crippen LogP contribution is 2.34. The van der Waals surface area contributed by atoms with Crippen LogP contribution in [-0.2, 0) is 0 Å². The zero-order valence-corrected chi connectivity index (χ0v) is 9.67. The smallest absolute Gasteiger partial charge is 0.127 e. The van der Waals surface area contributed by atoms with E-state index in [1.54, 1.807) is 17.4 Å². The molecule has 0 spiro atoms. The van der Waals surface area contributed by atoms with Crippen molar-refractivity contribution >= 4 is 21.4 Å². The van der Waals surface area contributed by atoms with Gasteiger partial charge in [-0.1, -0.05) is 18.2 Å². The van der Waals surface area contributed by atoms with Gasteiger partial charge in [-0.2, -0.15) is 0 Å². The van der Waals surface area contributed by atoms with Crippen LogP contribution >= 0.6 is 11.3 Å².